The number of hydrogen-bond acceptors (Lipinski definition) is 7. The second kappa shape index (κ2) is 8.54. The van der Waals surface area contributed by atoms with E-state index in [0.717, 1.165) is 27.1 Å². The Morgan fingerprint density at radius 1 is 1.21 bits per heavy atom. The molecule has 0 unspecified atom stereocenters. The molecule has 2 aliphatic rings. The van der Waals surface area contributed by atoms with E-state index in [1.165, 1.54) is 17.4 Å². The van der Waals surface area contributed by atoms with Gasteiger partial charge in [-0.15, -0.1) is 11.3 Å². The fourth-order valence-electron chi connectivity index (χ4n) is 2.73. The molecule has 3 amide bonds. The van der Waals surface area contributed by atoms with Crippen LogP contribution in [0.2, 0.25) is 0 Å². The smallest absolute Gasteiger partial charge is 0.293 e. The van der Waals surface area contributed by atoms with Crippen molar-refractivity contribution in [1.29, 1.82) is 0 Å². The number of amides is 3. The lowest BCUT2D eigenvalue weighted by atomic mass is 10.2. The third kappa shape index (κ3) is 4.52. The van der Waals surface area contributed by atoms with Gasteiger partial charge in [0.1, 0.15) is 0 Å². The lowest BCUT2D eigenvalue weighted by Gasteiger charge is -2.12. The van der Waals surface area contributed by atoms with Crippen LogP contribution in [-0.4, -0.2) is 41.8 Å². The van der Waals surface area contributed by atoms with Gasteiger partial charge in [-0.1, -0.05) is 12.1 Å². The van der Waals surface area contributed by atoms with Crippen molar-refractivity contribution in [3.8, 4) is 11.5 Å². The van der Waals surface area contributed by atoms with Crippen LogP contribution in [0.5, 0.6) is 11.5 Å². The monoisotopic (exact) mass is 428 g/mol. The van der Waals surface area contributed by atoms with E-state index in [9.17, 15) is 14.4 Å². The number of fused-ring (bicyclic) bond motifs is 1. The Kier molecular flexibility index (Phi) is 5.68. The molecule has 0 bridgehead atoms. The van der Waals surface area contributed by atoms with E-state index in [-0.39, 0.29) is 36.9 Å². The van der Waals surface area contributed by atoms with E-state index in [4.69, 9.17) is 9.47 Å². The van der Waals surface area contributed by atoms with E-state index >= 15 is 0 Å². The number of nitrogens with zero attached hydrogens (tertiary/aromatic N) is 1. The summed E-state index contributed by atoms with van der Waals surface area (Å²) in [5.41, 5.74) is 0.800. The van der Waals surface area contributed by atoms with Crippen molar-refractivity contribution in [2.45, 2.75) is 0 Å². The predicted molar refractivity (Wildman–Crippen MR) is 112 cm³/mol. The van der Waals surface area contributed by atoms with Gasteiger partial charge in [-0.25, -0.2) is 0 Å². The molecule has 0 radical (unpaired) electrons. The predicted octanol–water partition coefficient (Wildman–Crippen LogP) is 3.34. The second-order valence-corrected chi connectivity index (χ2v) is 8.06. The minimum Gasteiger partial charge on any atom is -0.454 e. The maximum atomic E-state index is 12.4. The van der Waals surface area contributed by atoms with Gasteiger partial charge in [-0.3, -0.25) is 19.3 Å². The summed E-state index contributed by atoms with van der Waals surface area (Å²) in [5, 5.41) is 4.25. The first-order valence-corrected chi connectivity index (χ1v) is 10.4. The zero-order valence-electron chi connectivity index (χ0n) is 15.1. The number of benzene rings is 1. The minimum absolute atomic E-state index is 0.121. The second-order valence-electron chi connectivity index (χ2n) is 6.09. The van der Waals surface area contributed by atoms with Crippen LogP contribution < -0.4 is 14.8 Å². The molecule has 9 heteroatoms. The number of nitrogens with one attached hydrogen (secondary N) is 1. The topological polar surface area (TPSA) is 84.9 Å². The van der Waals surface area contributed by atoms with Crippen molar-refractivity contribution in [1.82, 2.24) is 10.2 Å². The van der Waals surface area contributed by atoms with Crippen molar-refractivity contribution < 1.29 is 23.9 Å². The third-order valence-electron chi connectivity index (χ3n) is 4.15. The number of carbonyl (C=O) groups excluding carboxylic acids is 3. The quantitative estimate of drug-likeness (QED) is 0.711. The highest BCUT2D eigenvalue weighted by Gasteiger charge is 2.34. The van der Waals surface area contributed by atoms with Gasteiger partial charge in [0.05, 0.1) is 4.91 Å². The van der Waals surface area contributed by atoms with E-state index in [1.54, 1.807) is 24.3 Å². The molecule has 29 heavy (non-hydrogen) atoms. The Labute approximate surface area is 175 Å². The van der Waals surface area contributed by atoms with Crippen LogP contribution in [0.4, 0.5) is 4.79 Å². The van der Waals surface area contributed by atoms with Crippen LogP contribution in [0.25, 0.3) is 12.2 Å². The first-order chi connectivity index (χ1) is 14.1. The Balaban J connectivity index is 1.28. The summed E-state index contributed by atoms with van der Waals surface area (Å²) >= 11 is 2.41. The maximum Gasteiger partial charge on any atom is 0.293 e. The number of imide groups is 1. The zero-order chi connectivity index (χ0) is 20.2. The van der Waals surface area contributed by atoms with E-state index in [0.29, 0.717) is 16.4 Å². The summed E-state index contributed by atoms with van der Waals surface area (Å²) < 4.78 is 10.5. The molecule has 1 N–H and O–H groups in total. The van der Waals surface area contributed by atoms with Crippen LogP contribution >= 0.6 is 23.1 Å². The van der Waals surface area contributed by atoms with Gasteiger partial charge >= 0.3 is 0 Å². The van der Waals surface area contributed by atoms with E-state index in [2.05, 4.69) is 5.32 Å². The average Bonchev–Trinajstić information content (AvgIpc) is 3.44. The number of hydrogen-bond donors (Lipinski definition) is 1. The summed E-state index contributed by atoms with van der Waals surface area (Å²) in [6.45, 7) is 0.490. The van der Waals surface area contributed by atoms with Crippen LogP contribution in [0.3, 0.4) is 0 Å². The number of rotatable bonds is 6. The van der Waals surface area contributed by atoms with Crippen LogP contribution in [0, 0.1) is 0 Å². The van der Waals surface area contributed by atoms with Crippen LogP contribution in [0.15, 0.2) is 46.7 Å². The summed E-state index contributed by atoms with van der Waals surface area (Å²) in [6.07, 6.45) is 4.76. The van der Waals surface area contributed by atoms with Gasteiger partial charge in [-0.05, 0) is 53.1 Å². The van der Waals surface area contributed by atoms with Crippen LogP contribution in [-0.2, 0) is 9.59 Å². The molecular formula is C20H16N2O5S2. The first-order valence-electron chi connectivity index (χ1n) is 8.74. The number of carbonyl (C=O) groups is 3. The molecule has 7 nitrogen and oxygen atoms in total. The fourth-order valence-corrected chi connectivity index (χ4v) is 4.32. The molecule has 1 saturated heterocycles. The lowest BCUT2D eigenvalue weighted by Crippen LogP contribution is -2.36. The van der Waals surface area contributed by atoms with Crippen molar-refractivity contribution in [2.75, 3.05) is 19.9 Å². The summed E-state index contributed by atoms with van der Waals surface area (Å²) in [5.74, 6) is 0.668. The van der Waals surface area contributed by atoms with E-state index in [1.807, 2.05) is 23.6 Å². The SMILES string of the molecule is O=C(C=Cc1ccc2c(c1)OCO2)NCCN1C(=O)SC(=Cc2cccs2)C1=O. The molecule has 148 valence electrons. The number of thioether (sulfide) groups is 1. The van der Waals surface area contributed by atoms with Crippen molar-refractivity contribution >= 4 is 52.3 Å². The summed E-state index contributed by atoms with van der Waals surface area (Å²) in [4.78, 5) is 38.9. The molecule has 0 spiro atoms. The summed E-state index contributed by atoms with van der Waals surface area (Å²) in [6, 6.07) is 9.14. The molecule has 4 rings (SSSR count). The molecule has 0 aliphatic carbocycles. The molecular weight excluding hydrogens is 412 g/mol. The van der Waals surface area contributed by atoms with Crippen molar-refractivity contribution in [3.63, 3.8) is 0 Å². The average molecular weight is 428 g/mol. The molecule has 3 heterocycles. The largest absolute Gasteiger partial charge is 0.454 e. The minimum atomic E-state index is -0.335. The third-order valence-corrected chi connectivity index (χ3v) is 5.88. The molecule has 0 saturated carbocycles. The normalized spacial score (nSPS) is 17.0. The molecule has 1 aromatic heterocycles. The highest BCUT2D eigenvalue weighted by atomic mass is 32.2. The Morgan fingerprint density at radius 2 is 2.07 bits per heavy atom. The maximum absolute atomic E-state index is 12.4. The van der Waals surface area contributed by atoms with Crippen molar-refractivity contribution in [2.24, 2.45) is 0 Å². The van der Waals surface area contributed by atoms with Crippen LogP contribution in [0.1, 0.15) is 10.4 Å². The number of ether oxygens (including phenoxy) is 2. The molecule has 2 aliphatic heterocycles. The fraction of sp³-hybridized carbons (Fsp3) is 0.150. The molecule has 1 fully saturated rings. The summed E-state index contributed by atoms with van der Waals surface area (Å²) in [7, 11) is 0. The molecule has 0 atom stereocenters. The van der Waals surface area contributed by atoms with E-state index < -0.39 is 0 Å². The Hall–Kier alpha value is -3.04. The zero-order valence-corrected chi connectivity index (χ0v) is 16.8. The van der Waals surface area contributed by atoms with Gasteiger partial charge in [0.2, 0.25) is 12.7 Å². The van der Waals surface area contributed by atoms with Gasteiger partial charge in [0.15, 0.2) is 11.5 Å². The van der Waals surface area contributed by atoms with Gasteiger partial charge in [0.25, 0.3) is 11.1 Å². The molecule has 1 aromatic carbocycles. The number of thiophene rings is 1. The molecule has 2 aromatic rings. The standard InChI is InChI=1S/C20H16N2O5S2/c23-18(6-4-13-3-5-15-16(10-13)27-12-26-15)21-7-8-22-19(24)17(29-20(22)25)11-14-2-1-9-28-14/h1-6,9-11H,7-8,12H2,(H,21,23). The van der Waals surface area contributed by atoms with Gasteiger partial charge < -0.3 is 14.8 Å². The van der Waals surface area contributed by atoms with Crippen molar-refractivity contribution in [3.05, 3.63) is 57.1 Å². The highest BCUT2D eigenvalue weighted by Crippen LogP contribution is 2.33. The highest BCUT2D eigenvalue weighted by molar-refractivity contribution is 8.18. The first kappa shape index (κ1) is 19.3. The Bertz CT molecular complexity index is 1010. The lowest BCUT2D eigenvalue weighted by molar-refractivity contribution is -0.123. The van der Waals surface area contributed by atoms with Gasteiger partial charge in [0, 0.05) is 24.0 Å². The van der Waals surface area contributed by atoms with Gasteiger partial charge in [-0.2, -0.15) is 0 Å². The Morgan fingerprint density at radius 3 is 2.90 bits per heavy atom.